The molecule has 1 amide bonds. The van der Waals surface area contributed by atoms with Crippen LogP contribution in [0.1, 0.15) is 26.3 Å². The number of aryl methyl sites for hydroxylation is 1. The van der Waals surface area contributed by atoms with E-state index in [1.54, 1.807) is 19.1 Å². The van der Waals surface area contributed by atoms with Gasteiger partial charge >= 0.3 is 5.97 Å². The van der Waals surface area contributed by atoms with E-state index in [1.165, 1.54) is 6.07 Å². The molecule has 0 aromatic heterocycles. The predicted octanol–water partition coefficient (Wildman–Crippen LogP) is 3.46. The fraction of sp³-hybridized carbons (Fsp3) is 0.0667. The lowest BCUT2D eigenvalue weighted by molar-refractivity contribution is -0.385. The molecule has 0 bridgehead atoms. The van der Waals surface area contributed by atoms with Gasteiger partial charge in [-0.05, 0) is 59.3 Å². The van der Waals surface area contributed by atoms with Gasteiger partial charge in [0.05, 0.1) is 10.5 Å². The molecule has 7 nitrogen and oxygen atoms in total. The molecule has 2 rings (SSSR count). The number of aromatic carboxylic acids is 1. The second-order valence-corrected chi connectivity index (χ2v) is 5.92. The molecule has 118 valence electrons. The second kappa shape index (κ2) is 6.73. The molecule has 0 saturated heterocycles. The van der Waals surface area contributed by atoms with Crippen LogP contribution in [0.25, 0.3) is 0 Å². The Labute approximate surface area is 144 Å². The summed E-state index contributed by atoms with van der Waals surface area (Å²) in [4.78, 5) is 34.0. The highest BCUT2D eigenvalue weighted by atomic mass is 127. The number of nitro groups is 1. The van der Waals surface area contributed by atoms with E-state index in [-0.39, 0.29) is 0 Å². The highest BCUT2D eigenvalue weighted by Crippen LogP contribution is 2.25. The Hall–Kier alpha value is -2.49. The first kappa shape index (κ1) is 16.9. The third-order valence-electron chi connectivity index (χ3n) is 3.13. The third kappa shape index (κ3) is 3.65. The van der Waals surface area contributed by atoms with Gasteiger partial charge in [0.2, 0.25) is 0 Å². The number of hydrogen-bond acceptors (Lipinski definition) is 4. The van der Waals surface area contributed by atoms with Gasteiger partial charge in [-0.3, -0.25) is 14.9 Å². The lowest BCUT2D eigenvalue weighted by Gasteiger charge is -2.10. The second-order valence-electron chi connectivity index (χ2n) is 4.68. The molecule has 0 spiro atoms. The van der Waals surface area contributed by atoms with E-state index in [0.717, 1.165) is 21.3 Å². The lowest BCUT2D eigenvalue weighted by Crippen LogP contribution is -2.19. The number of carbonyl (C=O) groups is 2. The van der Waals surface area contributed by atoms with Crippen molar-refractivity contribution in [2.75, 3.05) is 5.32 Å². The molecule has 0 aliphatic carbocycles. The van der Waals surface area contributed by atoms with Crippen LogP contribution in [0.2, 0.25) is 0 Å². The van der Waals surface area contributed by atoms with E-state index in [2.05, 4.69) is 27.9 Å². The van der Waals surface area contributed by atoms with Gasteiger partial charge in [-0.1, -0.05) is 6.07 Å². The van der Waals surface area contributed by atoms with Crippen LogP contribution in [0.4, 0.5) is 11.4 Å². The molecule has 8 heteroatoms. The van der Waals surface area contributed by atoms with Crippen LogP contribution in [-0.4, -0.2) is 21.9 Å². The molecule has 2 aromatic carbocycles. The average molecular weight is 426 g/mol. The molecule has 0 radical (unpaired) electrons. The SMILES string of the molecule is Cc1cc(I)ccc1NC(=O)c1c(C(=O)O)cccc1[N+](=O)[O-]. The van der Waals surface area contributed by atoms with Crippen LogP contribution in [0.3, 0.4) is 0 Å². The van der Waals surface area contributed by atoms with Crippen molar-refractivity contribution in [1.29, 1.82) is 0 Å². The van der Waals surface area contributed by atoms with Gasteiger partial charge in [-0.15, -0.1) is 0 Å². The summed E-state index contributed by atoms with van der Waals surface area (Å²) in [7, 11) is 0. The number of nitrogens with zero attached hydrogens (tertiary/aromatic N) is 1. The third-order valence-corrected chi connectivity index (χ3v) is 3.80. The van der Waals surface area contributed by atoms with Crippen LogP contribution in [0, 0.1) is 20.6 Å². The molecule has 0 heterocycles. The van der Waals surface area contributed by atoms with Crippen molar-refractivity contribution in [3.63, 3.8) is 0 Å². The first-order chi connectivity index (χ1) is 10.8. The monoisotopic (exact) mass is 426 g/mol. The number of nitrogens with one attached hydrogen (secondary N) is 1. The summed E-state index contributed by atoms with van der Waals surface area (Å²) in [6, 6.07) is 8.74. The average Bonchev–Trinajstić information content (AvgIpc) is 2.49. The summed E-state index contributed by atoms with van der Waals surface area (Å²) >= 11 is 2.12. The number of carbonyl (C=O) groups excluding carboxylic acids is 1. The summed E-state index contributed by atoms with van der Waals surface area (Å²) in [6.07, 6.45) is 0. The summed E-state index contributed by atoms with van der Waals surface area (Å²) in [5, 5.41) is 22.8. The fourth-order valence-corrected chi connectivity index (χ4v) is 2.71. The largest absolute Gasteiger partial charge is 0.478 e. The van der Waals surface area contributed by atoms with Crippen molar-refractivity contribution >= 4 is 45.8 Å². The first-order valence-electron chi connectivity index (χ1n) is 6.39. The zero-order valence-corrected chi connectivity index (χ0v) is 14.0. The number of halogens is 1. The molecular formula is C15H11IN2O5. The van der Waals surface area contributed by atoms with E-state index in [4.69, 9.17) is 0 Å². The Morgan fingerprint density at radius 3 is 2.52 bits per heavy atom. The molecule has 0 aliphatic rings. The maximum absolute atomic E-state index is 12.4. The standard InChI is InChI=1S/C15H11IN2O5/c1-8-7-9(16)5-6-11(8)17-14(19)13-10(15(20)21)3-2-4-12(13)18(22)23/h2-7H,1H3,(H,17,19)(H,20,21). The molecule has 0 fully saturated rings. The van der Waals surface area contributed by atoms with Gasteiger partial charge in [-0.25, -0.2) is 4.79 Å². The molecule has 2 N–H and O–H groups in total. The maximum Gasteiger partial charge on any atom is 0.336 e. The highest BCUT2D eigenvalue weighted by molar-refractivity contribution is 14.1. The van der Waals surface area contributed by atoms with Gasteiger partial charge in [0.1, 0.15) is 5.56 Å². The number of carboxylic acid groups (broad SMARTS) is 1. The summed E-state index contributed by atoms with van der Waals surface area (Å²) in [5.41, 5.74) is -0.209. The van der Waals surface area contributed by atoms with E-state index < -0.39 is 33.6 Å². The van der Waals surface area contributed by atoms with Crippen LogP contribution < -0.4 is 5.32 Å². The van der Waals surface area contributed by atoms with Gasteiger partial charge < -0.3 is 10.4 Å². The zero-order valence-electron chi connectivity index (χ0n) is 11.9. The van der Waals surface area contributed by atoms with E-state index in [9.17, 15) is 24.8 Å². The van der Waals surface area contributed by atoms with Crippen LogP contribution in [0.5, 0.6) is 0 Å². The Balaban J connectivity index is 2.50. The summed E-state index contributed by atoms with van der Waals surface area (Å²) in [6.45, 7) is 1.77. The van der Waals surface area contributed by atoms with E-state index in [1.807, 2.05) is 6.07 Å². The fourth-order valence-electron chi connectivity index (χ4n) is 2.06. The number of nitro benzene ring substituents is 1. The number of carboxylic acids is 1. The van der Waals surface area contributed by atoms with Crippen molar-refractivity contribution in [3.8, 4) is 0 Å². The molecule has 23 heavy (non-hydrogen) atoms. The molecule has 2 aromatic rings. The molecule has 0 unspecified atom stereocenters. The molecule has 0 atom stereocenters. The minimum Gasteiger partial charge on any atom is -0.478 e. The predicted molar refractivity (Wildman–Crippen MR) is 91.9 cm³/mol. The van der Waals surface area contributed by atoms with Gasteiger partial charge in [0.15, 0.2) is 0 Å². The first-order valence-corrected chi connectivity index (χ1v) is 7.47. The molecule has 0 aliphatic heterocycles. The zero-order chi connectivity index (χ0) is 17.1. The Morgan fingerprint density at radius 2 is 1.96 bits per heavy atom. The van der Waals surface area contributed by atoms with Crippen molar-refractivity contribution in [3.05, 3.63) is 66.8 Å². The quantitative estimate of drug-likeness (QED) is 0.442. The van der Waals surface area contributed by atoms with Gasteiger partial charge in [0.25, 0.3) is 11.6 Å². The maximum atomic E-state index is 12.4. The Morgan fingerprint density at radius 1 is 1.26 bits per heavy atom. The summed E-state index contributed by atoms with van der Waals surface area (Å²) in [5.74, 6) is -2.24. The Kier molecular flexibility index (Phi) is 4.94. The van der Waals surface area contributed by atoms with Crippen LogP contribution in [-0.2, 0) is 0 Å². The Bertz CT molecular complexity index is 787. The molecule has 0 saturated carbocycles. The normalized spacial score (nSPS) is 10.2. The number of rotatable bonds is 4. The van der Waals surface area contributed by atoms with Crippen LogP contribution in [0.15, 0.2) is 36.4 Å². The van der Waals surface area contributed by atoms with Crippen molar-refractivity contribution in [2.45, 2.75) is 6.92 Å². The summed E-state index contributed by atoms with van der Waals surface area (Å²) < 4.78 is 0.968. The van der Waals surface area contributed by atoms with E-state index >= 15 is 0 Å². The van der Waals surface area contributed by atoms with Crippen molar-refractivity contribution in [2.24, 2.45) is 0 Å². The van der Waals surface area contributed by atoms with Crippen LogP contribution >= 0.6 is 22.6 Å². The smallest absolute Gasteiger partial charge is 0.336 e. The number of amides is 1. The topological polar surface area (TPSA) is 110 Å². The number of benzene rings is 2. The number of anilines is 1. The van der Waals surface area contributed by atoms with Crippen molar-refractivity contribution < 1.29 is 19.6 Å². The highest BCUT2D eigenvalue weighted by Gasteiger charge is 2.27. The van der Waals surface area contributed by atoms with E-state index in [0.29, 0.717) is 5.69 Å². The minimum absolute atomic E-state index is 0.417. The molecular weight excluding hydrogens is 415 g/mol. The van der Waals surface area contributed by atoms with Gasteiger partial charge in [-0.2, -0.15) is 0 Å². The number of hydrogen-bond donors (Lipinski definition) is 2. The van der Waals surface area contributed by atoms with Gasteiger partial charge in [0, 0.05) is 15.3 Å². The van der Waals surface area contributed by atoms with Crippen molar-refractivity contribution in [1.82, 2.24) is 0 Å². The minimum atomic E-state index is -1.40. The lowest BCUT2D eigenvalue weighted by atomic mass is 10.0.